The standard InChI is InChI=1S/C17H12FNO2S2/c18-13-8-6-12(7-9-13)16-15(11-4-2-1-3-5-11)19-17(23-16)22-10-14(20)21/h1-9H,10H2,(H,20,21). The van der Waals surface area contributed by atoms with Crippen LogP contribution < -0.4 is 0 Å². The molecule has 0 saturated carbocycles. The molecule has 0 atom stereocenters. The predicted molar refractivity (Wildman–Crippen MR) is 91.3 cm³/mol. The third kappa shape index (κ3) is 3.78. The smallest absolute Gasteiger partial charge is 0.313 e. The Morgan fingerprint density at radius 2 is 1.78 bits per heavy atom. The van der Waals surface area contributed by atoms with Gasteiger partial charge in [-0.3, -0.25) is 4.79 Å². The highest BCUT2D eigenvalue weighted by molar-refractivity contribution is 8.01. The Labute approximate surface area is 140 Å². The quantitative estimate of drug-likeness (QED) is 0.675. The van der Waals surface area contributed by atoms with Crippen LogP contribution >= 0.6 is 23.1 Å². The van der Waals surface area contributed by atoms with Gasteiger partial charge < -0.3 is 5.11 Å². The molecule has 0 amide bonds. The van der Waals surface area contributed by atoms with Crippen LogP contribution in [0.3, 0.4) is 0 Å². The Morgan fingerprint density at radius 1 is 1.09 bits per heavy atom. The average Bonchev–Trinajstić information content (AvgIpc) is 2.99. The maximum absolute atomic E-state index is 13.2. The lowest BCUT2D eigenvalue weighted by Gasteiger charge is -2.02. The van der Waals surface area contributed by atoms with Crippen molar-refractivity contribution in [3.63, 3.8) is 0 Å². The summed E-state index contributed by atoms with van der Waals surface area (Å²) in [6, 6.07) is 15.9. The van der Waals surface area contributed by atoms with Gasteiger partial charge in [-0.25, -0.2) is 9.37 Å². The second kappa shape index (κ2) is 6.93. The molecule has 116 valence electrons. The van der Waals surface area contributed by atoms with Gasteiger partial charge in [0, 0.05) is 5.56 Å². The number of rotatable bonds is 5. The second-order valence-corrected chi connectivity index (χ2v) is 6.93. The number of aliphatic carboxylic acids is 1. The van der Waals surface area contributed by atoms with Crippen molar-refractivity contribution in [1.82, 2.24) is 4.98 Å². The normalized spacial score (nSPS) is 10.7. The van der Waals surface area contributed by atoms with Crippen LogP contribution in [0.4, 0.5) is 4.39 Å². The van der Waals surface area contributed by atoms with Crippen molar-refractivity contribution in [2.24, 2.45) is 0 Å². The highest BCUT2D eigenvalue weighted by atomic mass is 32.2. The van der Waals surface area contributed by atoms with Gasteiger partial charge >= 0.3 is 5.97 Å². The summed E-state index contributed by atoms with van der Waals surface area (Å²) in [7, 11) is 0. The van der Waals surface area contributed by atoms with E-state index < -0.39 is 5.97 Å². The molecule has 0 radical (unpaired) electrons. The summed E-state index contributed by atoms with van der Waals surface area (Å²) in [4.78, 5) is 16.2. The van der Waals surface area contributed by atoms with Crippen molar-refractivity contribution in [3.8, 4) is 21.7 Å². The zero-order chi connectivity index (χ0) is 16.2. The van der Waals surface area contributed by atoms with E-state index in [-0.39, 0.29) is 11.6 Å². The molecule has 0 aliphatic rings. The highest BCUT2D eigenvalue weighted by Crippen LogP contribution is 2.40. The minimum absolute atomic E-state index is 0.0371. The van der Waals surface area contributed by atoms with E-state index in [4.69, 9.17) is 5.11 Å². The first-order valence-corrected chi connectivity index (χ1v) is 8.60. The molecule has 6 heteroatoms. The molecule has 23 heavy (non-hydrogen) atoms. The summed E-state index contributed by atoms with van der Waals surface area (Å²) < 4.78 is 13.8. The topological polar surface area (TPSA) is 50.2 Å². The molecule has 3 rings (SSSR count). The van der Waals surface area contributed by atoms with Crippen LogP contribution in [0, 0.1) is 5.82 Å². The molecule has 3 nitrogen and oxygen atoms in total. The minimum Gasteiger partial charge on any atom is -0.481 e. The third-order valence-corrected chi connectivity index (χ3v) is 5.31. The van der Waals surface area contributed by atoms with Crippen molar-refractivity contribution >= 4 is 29.1 Å². The third-order valence-electron chi connectivity index (χ3n) is 3.08. The van der Waals surface area contributed by atoms with Crippen LogP contribution in [0.2, 0.25) is 0 Å². The SMILES string of the molecule is O=C(O)CSc1nc(-c2ccccc2)c(-c2ccc(F)cc2)s1. The van der Waals surface area contributed by atoms with E-state index in [0.717, 1.165) is 21.7 Å². The number of nitrogens with zero attached hydrogens (tertiary/aromatic N) is 1. The maximum Gasteiger partial charge on any atom is 0.313 e. The number of carboxylic acids is 1. The van der Waals surface area contributed by atoms with Gasteiger partial charge in [-0.1, -0.05) is 54.2 Å². The lowest BCUT2D eigenvalue weighted by molar-refractivity contribution is -0.133. The summed E-state index contributed by atoms with van der Waals surface area (Å²) in [5.41, 5.74) is 2.60. The summed E-state index contributed by atoms with van der Waals surface area (Å²) in [6.45, 7) is 0. The van der Waals surface area contributed by atoms with E-state index in [9.17, 15) is 9.18 Å². The molecule has 2 aromatic carbocycles. The number of thioether (sulfide) groups is 1. The molecular weight excluding hydrogens is 333 g/mol. The molecule has 1 aromatic heterocycles. The zero-order valence-electron chi connectivity index (χ0n) is 11.9. The van der Waals surface area contributed by atoms with E-state index in [1.54, 1.807) is 12.1 Å². The maximum atomic E-state index is 13.2. The van der Waals surface area contributed by atoms with Crippen molar-refractivity contribution in [2.75, 3.05) is 5.75 Å². The number of hydrogen-bond acceptors (Lipinski definition) is 4. The van der Waals surface area contributed by atoms with Crippen molar-refractivity contribution < 1.29 is 14.3 Å². The van der Waals surface area contributed by atoms with Crippen LogP contribution in [-0.4, -0.2) is 21.8 Å². The molecular formula is C17H12FNO2S2. The number of hydrogen-bond donors (Lipinski definition) is 1. The van der Waals surface area contributed by atoms with Crippen LogP contribution in [0.1, 0.15) is 0 Å². The largest absolute Gasteiger partial charge is 0.481 e. The van der Waals surface area contributed by atoms with Crippen LogP contribution in [0.5, 0.6) is 0 Å². The van der Waals surface area contributed by atoms with E-state index in [1.807, 2.05) is 30.3 Å². The lowest BCUT2D eigenvalue weighted by atomic mass is 10.1. The number of thiazole rings is 1. The van der Waals surface area contributed by atoms with Crippen molar-refractivity contribution in [3.05, 3.63) is 60.4 Å². The van der Waals surface area contributed by atoms with Crippen LogP contribution in [0.25, 0.3) is 21.7 Å². The monoisotopic (exact) mass is 345 g/mol. The van der Waals surface area contributed by atoms with E-state index in [0.29, 0.717) is 4.34 Å². The van der Waals surface area contributed by atoms with Gasteiger partial charge in [0.15, 0.2) is 4.34 Å². The van der Waals surface area contributed by atoms with Crippen molar-refractivity contribution in [1.29, 1.82) is 0 Å². The zero-order valence-corrected chi connectivity index (χ0v) is 13.5. The molecule has 1 N–H and O–H groups in total. The molecule has 0 fully saturated rings. The predicted octanol–water partition coefficient (Wildman–Crippen LogP) is 4.79. The fourth-order valence-corrected chi connectivity index (χ4v) is 3.97. The van der Waals surface area contributed by atoms with Crippen molar-refractivity contribution in [2.45, 2.75) is 4.34 Å². The highest BCUT2D eigenvalue weighted by Gasteiger charge is 2.16. The average molecular weight is 345 g/mol. The Hall–Kier alpha value is -2.18. The van der Waals surface area contributed by atoms with Gasteiger partial charge in [0.25, 0.3) is 0 Å². The first-order chi connectivity index (χ1) is 11.1. The van der Waals surface area contributed by atoms with Gasteiger partial charge in [-0.2, -0.15) is 0 Å². The summed E-state index contributed by atoms with van der Waals surface area (Å²) in [6.07, 6.45) is 0. The summed E-state index contributed by atoms with van der Waals surface area (Å²) >= 11 is 2.61. The molecule has 0 bridgehead atoms. The first kappa shape index (κ1) is 15.7. The Bertz CT molecular complexity index is 816. The van der Waals surface area contributed by atoms with Crippen LogP contribution in [0.15, 0.2) is 58.9 Å². The second-order valence-electron chi connectivity index (χ2n) is 4.71. The van der Waals surface area contributed by atoms with Gasteiger partial charge in [-0.15, -0.1) is 11.3 Å². The fourth-order valence-electron chi connectivity index (χ4n) is 2.07. The number of halogens is 1. The Morgan fingerprint density at radius 3 is 2.43 bits per heavy atom. The van der Waals surface area contributed by atoms with E-state index >= 15 is 0 Å². The Balaban J connectivity index is 2.05. The molecule has 0 saturated heterocycles. The minimum atomic E-state index is -0.880. The van der Waals surface area contributed by atoms with Gasteiger partial charge in [0.1, 0.15) is 5.82 Å². The number of carbonyl (C=O) groups is 1. The van der Waals surface area contributed by atoms with Gasteiger partial charge in [0.2, 0.25) is 0 Å². The molecule has 0 aliphatic heterocycles. The molecule has 3 aromatic rings. The fraction of sp³-hybridized carbons (Fsp3) is 0.0588. The Kier molecular flexibility index (Phi) is 4.73. The van der Waals surface area contributed by atoms with Gasteiger partial charge in [0.05, 0.1) is 16.3 Å². The molecule has 0 unspecified atom stereocenters. The molecule has 0 aliphatic carbocycles. The first-order valence-electron chi connectivity index (χ1n) is 6.80. The number of aromatic nitrogens is 1. The van der Waals surface area contributed by atoms with E-state index in [1.165, 1.54) is 35.2 Å². The number of benzene rings is 2. The summed E-state index contributed by atoms with van der Waals surface area (Å²) in [5, 5.41) is 8.83. The van der Waals surface area contributed by atoms with E-state index in [2.05, 4.69) is 4.98 Å². The van der Waals surface area contributed by atoms with Crippen LogP contribution in [-0.2, 0) is 4.79 Å². The lowest BCUT2D eigenvalue weighted by Crippen LogP contribution is -1.96. The molecule has 0 spiro atoms. The molecule has 1 heterocycles. The summed E-state index contributed by atoms with van der Waals surface area (Å²) in [5.74, 6) is -1.21. The van der Waals surface area contributed by atoms with Gasteiger partial charge in [-0.05, 0) is 17.7 Å². The number of carboxylic acid groups (broad SMARTS) is 1.